The highest BCUT2D eigenvalue weighted by molar-refractivity contribution is 5.79. The molecule has 20 heavy (non-hydrogen) atoms. The summed E-state index contributed by atoms with van der Waals surface area (Å²) in [5.41, 5.74) is 7.11. The molecule has 2 rings (SSSR count). The normalized spacial score (nSPS) is 25.8. The fraction of sp³-hybridized carbons (Fsp3) is 0.562. The molecule has 0 saturated heterocycles. The topological polar surface area (TPSA) is 75.3 Å². The Balaban J connectivity index is 1.94. The number of amides is 1. The number of benzene rings is 1. The quantitative estimate of drug-likeness (QED) is 0.784. The van der Waals surface area contributed by atoms with Gasteiger partial charge < -0.3 is 16.2 Å². The second-order valence-corrected chi connectivity index (χ2v) is 5.69. The molecule has 0 aromatic heterocycles. The molecule has 4 atom stereocenters. The number of hydrogen-bond acceptors (Lipinski definition) is 3. The SMILES string of the molecule is CC(C(=O)NC1CCCCC1O)C(N)c1ccccc1. The van der Waals surface area contributed by atoms with Crippen LogP contribution in [-0.2, 0) is 4.79 Å². The summed E-state index contributed by atoms with van der Waals surface area (Å²) in [7, 11) is 0. The average Bonchev–Trinajstić information content (AvgIpc) is 2.49. The number of aliphatic hydroxyl groups excluding tert-OH is 1. The van der Waals surface area contributed by atoms with Gasteiger partial charge in [0.15, 0.2) is 0 Å². The van der Waals surface area contributed by atoms with Gasteiger partial charge in [0.05, 0.1) is 18.1 Å². The van der Waals surface area contributed by atoms with Crippen LogP contribution in [0.25, 0.3) is 0 Å². The lowest BCUT2D eigenvalue weighted by Gasteiger charge is -2.30. The minimum Gasteiger partial charge on any atom is -0.391 e. The summed E-state index contributed by atoms with van der Waals surface area (Å²) in [6.07, 6.45) is 3.28. The van der Waals surface area contributed by atoms with Gasteiger partial charge in [0.2, 0.25) is 5.91 Å². The molecule has 4 nitrogen and oxygen atoms in total. The predicted octanol–water partition coefficient (Wildman–Crippen LogP) is 1.74. The number of nitrogens with one attached hydrogen (secondary N) is 1. The number of rotatable bonds is 4. The molecule has 4 N–H and O–H groups in total. The highest BCUT2D eigenvalue weighted by atomic mass is 16.3. The Morgan fingerprint density at radius 3 is 2.60 bits per heavy atom. The zero-order valence-corrected chi connectivity index (χ0v) is 12.0. The molecule has 0 radical (unpaired) electrons. The molecule has 1 aliphatic rings. The Morgan fingerprint density at radius 1 is 1.30 bits per heavy atom. The van der Waals surface area contributed by atoms with Gasteiger partial charge in [0.25, 0.3) is 0 Å². The van der Waals surface area contributed by atoms with Gasteiger partial charge in [-0.3, -0.25) is 4.79 Å². The van der Waals surface area contributed by atoms with E-state index < -0.39 is 6.10 Å². The number of aliphatic hydroxyl groups is 1. The smallest absolute Gasteiger partial charge is 0.225 e. The van der Waals surface area contributed by atoms with Crippen molar-refractivity contribution in [2.45, 2.75) is 50.8 Å². The Hall–Kier alpha value is -1.39. The van der Waals surface area contributed by atoms with E-state index in [0.29, 0.717) is 0 Å². The monoisotopic (exact) mass is 276 g/mol. The van der Waals surface area contributed by atoms with Gasteiger partial charge >= 0.3 is 0 Å². The van der Waals surface area contributed by atoms with Crippen LogP contribution >= 0.6 is 0 Å². The van der Waals surface area contributed by atoms with Crippen molar-refractivity contribution in [3.05, 3.63) is 35.9 Å². The molecular weight excluding hydrogens is 252 g/mol. The Labute approximate surface area is 120 Å². The van der Waals surface area contributed by atoms with Crippen molar-refractivity contribution in [3.8, 4) is 0 Å². The van der Waals surface area contributed by atoms with E-state index in [2.05, 4.69) is 5.32 Å². The van der Waals surface area contributed by atoms with Crippen molar-refractivity contribution in [2.24, 2.45) is 11.7 Å². The standard InChI is InChI=1S/C16H24N2O2/c1-11(15(17)12-7-3-2-4-8-12)16(20)18-13-9-5-6-10-14(13)19/h2-4,7-8,11,13-15,19H,5-6,9-10,17H2,1H3,(H,18,20). The molecule has 1 aromatic carbocycles. The van der Waals surface area contributed by atoms with Crippen LogP contribution < -0.4 is 11.1 Å². The highest BCUT2D eigenvalue weighted by Gasteiger charge is 2.28. The van der Waals surface area contributed by atoms with Crippen molar-refractivity contribution >= 4 is 5.91 Å². The molecule has 0 aliphatic heterocycles. The molecule has 0 heterocycles. The molecule has 1 fully saturated rings. The first kappa shape index (κ1) is 15.0. The van der Waals surface area contributed by atoms with E-state index in [1.165, 1.54) is 0 Å². The minimum atomic E-state index is -0.423. The first-order chi connectivity index (χ1) is 9.59. The minimum absolute atomic E-state index is 0.0766. The summed E-state index contributed by atoms with van der Waals surface area (Å²) >= 11 is 0. The summed E-state index contributed by atoms with van der Waals surface area (Å²) in [6.45, 7) is 1.84. The van der Waals surface area contributed by atoms with Crippen molar-refractivity contribution in [1.29, 1.82) is 0 Å². The van der Waals surface area contributed by atoms with Crippen LogP contribution in [0, 0.1) is 5.92 Å². The summed E-state index contributed by atoms with van der Waals surface area (Å²) in [5, 5.41) is 12.9. The van der Waals surface area contributed by atoms with Gasteiger partial charge in [0.1, 0.15) is 0 Å². The fourth-order valence-corrected chi connectivity index (χ4v) is 2.72. The molecule has 1 aliphatic carbocycles. The number of hydrogen-bond donors (Lipinski definition) is 3. The van der Waals surface area contributed by atoms with Crippen LogP contribution in [0.15, 0.2) is 30.3 Å². The van der Waals surface area contributed by atoms with E-state index in [1.54, 1.807) is 0 Å². The molecule has 0 bridgehead atoms. The van der Waals surface area contributed by atoms with Crippen molar-refractivity contribution < 1.29 is 9.90 Å². The van der Waals surface area contributed by atoms with E-state index in [0.717, 1.165) is 31.2 Å². The average molecular weight is 276 g/mol. The Morgan fingerprint density at radius 2 is 1.95 bits per heavy atom. The van der Waals surface area contributed by atoms with E-state index in [4.69, 9.17) is 5.73 Å². The second kappa shape index (κ2) is 6.86. The fourth-order valence-electron chi connectivity index (χ4n) is 2.72. The lowest BCUT2D eigenvalue weighted by atomic mass is 9.90. The van der Waals surface area contributed by atoms with Gasteiger partial charge in [-0.25, -0.2) is 0 Å². The Kier molecular flexibility index (Phi) is 5.15. The van der Waals surface area contributed by atoms with Gasteiger partial charge in [0, 0.05) is 6.04 Å². The van der Waals surface area contributed by atoms with E-state index in [1.807, 2.05) is 37.3 Å². The third kappa shape index (κ3) is 3.58. The van der Waals surface area contributed by atoms with Gasteiger partial charge in [-0.1, -0.05) is 50.1 Å². The van der Waals surface area contributed by atoms with Crippen LogP contribution in [0.3, 0.4) is 0 Å². The number of carbonyl (C=O) groups excluding carboxylic acids is 1. The number of carbonyl (C=O) groups is 1. The molecule has 0 spiro atoms. The first-order valence-corrected chi connectivity index (χ1v) is 7.38. The summed E-state index contributed by atoms with van der Waals surface area (Å²) in [5.74, 6) is -0.390. The summed E-state index contributed by atoms with van der Waals surface area (Å²) in [4.78, 5) is 12.3. The maximum Gasteiger partial charge on any atom is 0.225 e. The molecular formula is C16H24N2O2. The highest BCUT2D eigenvalue weighted by Crippen LogP contribution is 2.22. The molecule has 1 amide bonds. The zero-order valence-electron chi connectivity index (χ0n) is 12.0. The first-order valence-electron chi connectivity index (χ1n) is 7.38. The molecule has 1 saturated carbocycles. The molecule has 110 valence electrons. The lowest BCUT2D eigenvalue weighted by molar-refractivity contribution is -0.127. The predicted molar refractivity (Wildman–Crippen MR) is 78.9 cm³/mol. The summed E-state index contributed by atoms with van der Waals surface area (Å²) < 4.78 is 0. The van der Waals surface area contributed by atoms with Gasteiger partial charge in [-0.15, -0.1) is 0 Å². The maximum absolute atomic E-state index is 12.3. The summed E-state index contributed by atoms with van der Waals surface area (Å²) in [6, 6.07) is 9.20. The van der Waals surface area contributed by atoms with Crippen LogP contribution in [0.2, 0.25) is 0 Å². The molecule has 4 heteroatoms. The van der Waals surface area contributed by atoms with Crippen molar-refractivity contribution in [2.75, 3.05) is 0 Å². The van der Waals surface area contributed by atoms with Gasteiger partial charge in [-0.05, 0) is 18.4 Å². The van der Waals surface area contributed by atoms with E-state index in [9.17, 15) is 9.90 Å². The van der Waals surface area contributed by atoms with Crippen LogP contribution in [0.1, 0.15) is 44.2 Å². The molecule has 1 aromatic rings. The van der Waals surface area contributed by atoms with Crippen LogP contribution in [-0.4, -0.2) is 23.2 Å². The van der Waals surface area contributed by atoms with Gasteiger partial charge in [-0.2, -0.15) is 0 Å². The lowest BCUT2D eigenvalue weighted by Crippen LogP contribution is -2.48. The van der Waals surface area contributed by atoms with Crippen molar-refractivity contribution in [3.63, 3.8) is 0 Å². The number of nitrogens with two attached hydrogens (primary N) is 1. The van der Waals surface area contributed by atoms with E-state index in [-0.39, 0.29) is 23.9 Å². The van der Waals surface area contributed by atoms with Crippen LogP contribution in [0.4, 0.5) is 0 Å². The maximum atomic E-state index is 12.3. The third-order valence-electron chi connectivity index (χ3n) is 4.19. The second-order valence-electron chi connectivity index (χ2n) is 5.69. The third-order valence-corrected chi connectivity index (χ3v) is 4.19. The largest absolute Gasteiger partial charge is 0.391 e. The van der Waals surface area contributed by atoms with Crippen molar-refractivity contribution in [1.82, 2.24) is 5.32 Å². The van der Waals surface area contributed by atoms with E-state index >= 15 is 0 Å². The zero-order chi connectivity index (χ0) is 14.5. The Bertz CT molecular complexity index is 435. The molecule has 4 unspecified atom stereocenters. The van der Waals surface area contributed by atoms with Crippen LogP contribution in [0.5, 0.6) is 0 Å².